The molecule has 2 heterocycles. The Balaban J connectivity index is 1.71. The molecule has 2 atom stereocenters. The van der Waals surface area contributed by atoms with E-state index in [-0.39, 0.29) is 0 Å². The van der Waals surface area contributed by atoms with Crippen LogP contribution in [0.5, 0.6) is 0 Å². The first-order valence-electron chi connectivity index (χ1n) is 7.92. The Morgan fingerprint density at radius 1 is 1.26 bits per heavy atom. The van der Waals surface area contributed by atoms with Crippen molar-refractivity contribution in [2.75, 3.05) is 26.2 Å². The van der Waals surface area contributed by atoms with Gasteiger partial charge in [-0.1, -0.05) is 12.8 Å². The van der Waals surface area contributed by atoms with E-state index in [1.807, 2.05) is 0 Å². The van der Waals surface area contributed by atoms with E-state index in [0.717, 1.165) is 44.5 Å². The molecule has 4 heteroatoms. The minimum atomic E-state index is 0.422. The zero-order chi connectivity index (χ0) is 13.5. The first-order chi connectivity index (χ1) is 9.25. The summed E-state index contributed by atoms with van der Waals surface area (Å²) in [7, 11) is 0. The third-order valence-corrected chi connectivity index (χ3v) is 4.33. The summed E-state index contributed by atoms with van der Waals surface area (Å²) in [6.45, 7) is 6.13. The van der Waals surface area contributed by atoms with Crippen LogP contribution < -0.4 is 5.73 Å². The molecule has 0 spiro atoms. The second-order valence-electron chi connectivity index (χ2n) is 6.00. The average Bonchev–Trinajstić information content (AvgIpc) is 2.67. The summed E-state index contributed by atoms with van der Waals surface area (Å²) in [5.74, 6) is 1.53. The van der Waals surface area contributed by atoms with Crippen LogP contribution in [0.15, 0.2) is 4.99 Å². The van der Waals surface area contributed by atoms with Gasteiger partial charge in [0.05, 0.1) is 6.10 Å². The number of guanidine groups is 1. The van der Waals surface area contributed by atoms with Crippen molar-refractivity contribution in [3.05, 3.63) is 0 Å². The van der Waals surface area contributed by atoms with E-state index in [1.54, 1.807) is 0 Å². The molecule has 2 aliphatic rings. The maximum Gasteiger partial charge on any atom is 0.191 e. The van der Waals surface area contributed by atoms with Gasteiger partial charge < -0.3 is 15.4 Å². The molecule has 2 saturated heterocycles. The predicted octanol–water partition coefficient (Wildman–Crippen LogP) is 2.38. The summed E-state index contributed by atoms with van der Waals surface area (Å²) >= 11 is 0. The molecule has 19 heavy (non-hydrogen) atoms. The van der Waals surface area contributed by atoms with Gasteiger partial charge in [-0.2, -0.15) is 0 Å². The molecule has 0 radical (unpaired) electrons. The molecule has 0 bridgehead atoms. The smallest absolute Gasteiger partial charge is 0.191 e. The van der Waals surface area contributed by atoms with E-state index < -0.39 is 0 Å². The fourth-order valence-electron chi connectivity index (χ4n) is 3.11. The lowest BCUT2D eigenvalue weighted by molar-refractivity contribution is 0.00147. The number of rotatable bonds is 3. The molecular weight excluding hydrogens is 238 g/mol. The Labute approximate surface area is 117 Å². The summed E-state index contributed by atoms with van der Waals surface area (Å²) < 4.78 is 5.58. The molecule has 2 rings (SSSR count). The van der Waals surface area contributed by atoms with E-state index in [2.05, 4.69) is 16.8 Å². The van der Waals surface area contributed by atoms with Gasteiger partial charge >= 0.3 is 0 Å². The van der Waals surface area contributed by atoms with E-state index in [9.17, 15) is 0 Å². The minimum Gasteiger partial charge on any atom is -0.378 e. The van der Waals surface area contributed by atoms with Crippen molar-refractivity contribution in [2.24, 2.45) is 16.6 Å². The number of nitrogens with two attached hydrogens (primary N) is 1. The van der Waals surface area contributed by atoms with Crippen LogP contribution in [0.4, 0.5) is 0 Å². The first kappa shape index (κ1) is 14.6. The number of likely N-dealkylation sites (tertiary alicyclic amines) is 1. The van der Waals surface area contributed by atoms with Crippen molar-refractivity contribution < 1.29 is 4.74 Å². The maximum absolute atomic E-state index is 6.11. The maximum atomic E-state index is 6.11. The Bertz CT molecular complexity index is 285. The Morgan fingerprint density at radius 3 is 2.68 bits per heavy atom. The number of hydrogen-bond acceptors (Lipinski definition) is 2. The molecule has 0 aliphatic carbocycles. The van der Waals surface area contributed by atoms with Crippen LogP contribution in [0.2, 0.25) is 0 Å². The molecule has 0 aromatic carbocycles. The second kappa shape index (κ2) is 7.73. The highest BCUT2D eigenvalue weighted by atomic mass is 16.5. The van der Waals surface area contributed by atoms with Crippen LogP contribution in [0, 0.1) is 5.92 Å². The van der Waals surface area contributed by atoms with E-state index >= 15 is 0 Å². The van der Waals surface area contributed by atoms with Gasteiger partial charge in [-0.3, -0.25) is 4.99 Å². The third kappa shape index (κ3) is 5.01. The van der Waals surface area contributed by atoms with Crippen LogP contribution in [0.3, 0.4) is 0 Å². The number of ether oxygens (including phenoxy) is 1. The fraction of sp³-hybridized carbons (Fsp3) is 0.933. The van der Waals surface area contributed by atoms with Gasteiger partial charge in [0.25, 0.3) is 0 Å². The van der Waals surface area contributed by atoms with E-state index in [4.69, 9.17) is 10.5 Å². The summed E-state index contributed by atoms with van der Waals surface area (Å²) in [4.78, 5) is 6.85. The average molecular weight is 267 g/mol. The monoisotopic (exact) mass is 267 g/mol. The van der Waals surface area contributed by atoms with Gasteiger partial charge in [0.1, 0.15) is 0 Å². The van der Waals surface area contributed by atoms with Gasteiger partial charge in [-0.15, -0.1) is 0 Å². The molecule has 0 aromatic rings. The molecule has 0 saturated carbocycles. The highest BCUT2D eigenvalue weighted by molar-refractivity contribution is 5.78. The lowest BCUT2D eigenvalue weighted by Gasteiger charge is -2.27. The highest BCUT2D eigenvalue weighted by Crippen LogP contribution is 2.22. The number of aliphatic imine (C=N–C) groups is 1. The number of nitrogens with zero attached hydrogens (tertiary/aromatic N) is 2. The van der Waals surface area contributed by atoms with Crippen molar-refractivity contribution in [2.45, 2.75) is 58.0 Å². The molecule has 0 unspecified atom stereocenters. The second-order valence-corrected chi connectivity index (χ2v) is 6.00. The Morgan fingerprint density at radius 2 is 2.00 bits per heavy atom. The lowest BCUT2D eigenvalue weighted by atomic mass is 9.93. The molecule has 0 aromatic heterocycles. The largest absolute Gasteiger partial charge is 0.378 e. The molecule has 110 valence electrons. The van der Waals surface area contributed by atoms with Crippen molar-refractivity contribution in [3.63, 3.8) is 0 Å². The highest BCUT2D eigenvalue weighted by Gasteiger charge is 2.19. The molecule has 2 fully saturated rings. The Hall–Kier alpha value is -0.770. The van der Waals surface area contributed by atoms with Gasteiger partial charge in [-0.05, 0) is 44.9 Å². The van der Waals surface area contributed by atoms with Crippen LogP contribution in [-0.4, -0.2) is 43.2 Å². The summed E-state index contributed by atoms with van der Waals surface area (Å²) in [6.07, 6.45) is 9.13. The lowest BCUT2D eigenvalue weighted by Crippen LogP contribution is -2.38. The van der Waals surface area contributed by atoms with Crippen LogP contribution in [-0.2, 0) is 4.74 Å². The summed E-state index contributed by atoms with van der Waals surface area (Å²) in [5.41, 5.74) is 6.11. The SMILES string of the molecule is C[C@@H]1C[C@@H](CCN=C(N)N2CCCCCC2)CCO1. The molecule has 0 amide bonds. The zero-order valence-electron chi connectivity index (χ0n) is 12.3. The molecular formula is C15H29N3O. The molecule has 2 aliphatic heterocycles. The fourth-order valence-corrected chi connectivity index (χ4v) is 3.11. The summed E-state index contributed by atoms with van der Waals surface area (Å²) in [6, 6.07) is 0. The van der Waals surface area contributed by atoms with Gasteiger partial charge in [-0.25, -0.2) is 0 Å². The van der Waals surface area contributed by atoms with Crippen molar-refractivity contribution in [3.8, 4) is 0 Å². The van der Waals surface area contributed by atoms with Crippen LogP contribution >= 0.6 is 0 Å². The molecule has 2 N–H and O–H groups in total. The first-order valence-corrected chi connectivity index (χ1v) is 7.92. The van der Waals surface area contributed by atoms with Crippen molar-refractivity contribution >= 4 is 5.96 Å². The van der Waals surface area contributed by atoms with E-state index in [0.29, 0.717) is 6.10 Å². The third-order valence-electron chi connectivity index (χ3n) is 4.33. The normalized spacial score (nSPS) is 30.2. The number of hydrogen-bond donors (Lipinski definition) is 1. The summed E-state index contributed by atoms with van der Waals surface area (Å²) in [5, 5.41) is 0. The quantitative estimate of drug-likeness (QED) is 0.631. The molecule has 4 nitrogen and oxygen atoms in total. The van der Waals surface area contributed by atoms with Gasteiger partial charge in [0.15, 0.2) is 5.96 Å². The zero-order valence-corrected chi connectivity index (χ0v) is 12.3. The standard InChI is InChI=1S/C15H29N3O/c1-13-12-14(7-11-19-13)6-8-17-15(16)18-9-4-2-3-5-10-18/h13-14H,2-12H2,1H3,(H2,16,17)/t13-,14+/m1/s1. The van der Waals surface area contributed by atoms with Gasteiger partial charge in [0, 0.05) is 26.2 Å². The minimum absolute atomic E-state index is 0.422. The van der Waals surface area contributed by atoms with Gasteiger partial charge in [0.2, 0.25) is 0 Å². The topological polar surface area (TPSA) is 50.8 Å². The van der Waals surface area contributed by atoms with Crippen LogP contribution in [0.1, 0.15) is 51.9 Å². The van der Waals surface area contributed by atoms with E-state index in [1.165, 1.54) is 38.5 Å². The van der Waals surface area contributed by atoms with Crippen LogP contribution in [0.25, 0.3) is 0 Å². The van der Waals surface area contributed by atoms with Crippen molar-refractivity contribution in [1.82, 2.24) is 4.90 Å². The predicted molar refractivity (Wildman–Crippen MR) is 79.3 cm³/mol. The van der Waals surface area contributed by atoms with Crippen molar-refractivity contribution in [1.29, 1.82) is 0 Å². The Kier molecular flexibility index (Phi) is 5.95.